The molecule has 0 N–H and O–H groups in total. The molecule has 0 aliphatic rings. The standard InChI is InChI=1S/C7H6F6O2/c1-4(2-6(8,9)10)5(14)15-3-7(11,12)13/h2H,3H2,1H3/b4-2+. The number of ether oxygens (including phenoxy) is 1. The van der Waals surface area contributed by atoms with Gasteiger partial charge in [0.25, 0.3) is 0 Å². The zero-order chi connectivity index (χ0) is 12.3. The minimum Gasteiger partial charge on any atom is -0.453 e. The SMILES string of the molecule is C/C(=C\C(F)(F)F)C(=O)OCC(F)(F)F. The Kier molecular flexibility index (Phi) is 4.17. The number of hydrogen-bond donors (Lipinski definition) is 0. The predicted octanol–water partition coefficient (Wildman–Crippen LogP) is 2.60. The van der Waals surface area contributed by atoms with Gasteiger partial charge in [0.05, 0.1) is 0 Å². The number of allylic oxidation sites excluding steroid dienone is 1. The number of rotatable bonds is 2. The molecular formula is C7H6F6O2. The molecular weight excluding hydrogens is 230 g/mol. The van der Waals surface area contributed by atoms with Crippen LogP contribution in [-0.2, 0) is 9.53 Å². The second-order valence-electron chi connectivity index (χ2n) is 2.56. The summed E-state index contributed by atoms with van der Waals surface area (Å²) in [5.74, 6) is -1.65. The maximum absolute atomic E-state index is 11.6. The lowest BCUT2D eigenvalue weighted by Crippen LogP contribution is -2.21. The summed E-state index contributed by atoms with van der Waals surface area (Å²) in [5.41, 5.74) is -0.938. The molecule has 0 aromatic rings. The van der Waals surface area contributed by atoms with E-state index in [1.54, 1.807) is 0 Å². The van der Waals surface area contributed by atoms with Gasteiger partial charge in [-0.15, -0.1) is 0 Å². The molecule has 0 heterocycles. The molecule has 0 spiro atoms. The molecule has 0 saturated carbocycles. The van der Waals surface area contributed by atoms with E-state index in [0.29, 0.717) is 6.92 Å². The average molecular weight is 236 g/mol. The van der Waals surface area contributed by atoms with Crippen molar-refractivity contribution in [3.63, 3.8) is 0 Å². The van der Waals surface area contributed by atoms with Crippen molar-refractivity contribution in [1.29, 1.82) is 0 Å². The highest BCUT2D eigenvalue weighted by Gasteiger charge is 2.31. The van der Waals surface area contributed by atoms with Crippen molar-refractivity contribution in [3.8, 4) is 0 Å². The number of alkyl halides is 6. The van der Waals surface area contributed by atoms with Crippen LogP contribution in [-0.4, -0.2) is 24.9 Å². The highest BCUT2D eigenvalue weighted by molar-refractivity contribution is 5.87. The van der Waals surface area contributed by atoms with Crippen molar-refractivity contribution in [2.24, 2.45) is 0 Å². The Bertz CT molecular complexity index is 262. The molecule has 15 heavy (non-hydrogen) atoms. The molecule has 0 bridgehead atoms. The van der Waals surface area contributed by atoms with Crippen molar-refractivity contribution in [2.75, 3.05) is 6.61 Å². The van der Waals surface area contributed by atoms with Gasteiger partial charge in [-0.05, 0) is 6.92 Å². The van der Waals surface area contributed by atoms with Crippen molar-refractivity contribution < 1.29 is 35.9 Å². The minimum atomic E-state index is -4.76. The Hall–Kier alpha value is -1.21. The van der Waals surface area contributed by atoms with E-state index in [0.717, 1.165) is 0 Å². The summed E-state index contributed by atoms with van der Waals surface area (Å²) in [6.07, 6.45) is -9.94. The van der Waals surface area contributed by atoms with Crippen molar-refractivity contribution in [2.45, 2.75) is 19.3 Å². The van der Waals surface area contributed by atoms with E-state index < -0.39 is 36.6 Å². The molecule has 0 radical (unpaired) electrons. The summed E-state index contributed by atoms with van der Waals surface area (Å²) >= 11 is 0. The van der Waals surface area contributed by atoms with Crippen molar-refractivity contribution in [3.05, 3.63) is 11.6 Å². The van der Waals surface area contributed by atoms with E-state index in [1.807, 2.05) is 0 Å². The lowest BCUT2D eigenvalue weighted by molar-refractivity contribution is -0.183. The third-order valence-electron chi connectivity index (χ3n) is 1.07. The van der Waals surface area contributed by atoms with Crippen LogP contribution in [0.3, 0.4) is 0 Å². The average Bonchev–Trinajstić information content (AvgIpc) is 1.95. The molecule has 88 valence electrons. The van der Waals surface area contributed by atoms with E-state index in [-0.39, 0.29) is 0 Å². The van der Waals surface area contributed by atoms with Crippen LogP contribution in [0.5, 0.6) is 0 Å². The summed E-state index contributed by atoms with van der Waals surface area (Å²) in [7, 11) is 0. The zero-order valence-electron chi connectivity index (χ0n) is 7.37. The van der Waals surface area contributed by atoms with Gasteiger partial charge >= 0.3 is 18.3 Å². The molecule has 0 amide bonds. The zero-order valence-corrected chi connectivity index (χ0v) is 7.37. The van der Waals surface area contributed by atoms with E-state index >= 15 is 0 Å². The Morgan fingerprint density at radius 1 is 1.20 bits per heavy atom. The summed E-state index contributed by atoms with van der Waals surface area (Å²) in [6.45, 7) is -1.19. The monoisotopic (exact) mass is 236 g/mol. The summed E-state index contributed by atoms with van der Waals surface area (Å²) in [5, 5.41) is 0. The van der Waals surface area contributed by atoms with Gasteiger partial charge in [0.1, 0.15) is 0 Å². The highest BCUT2D eigenvalue weighted by Crippen LogP contribution is 2.20. The molecule has 0 atom stereocenters. The van der Waals surface area contributed by atoms with Gasteiger partial charge in [0.15, 0.2) is 6.61 Å². The highest BCUT2D eigenvalue weighted by atomic mass is 19.4. The predicted molar refractivity (Wildman–Crippen MR) is 36.8 cm³/mol. The smallest absolute Gasteiger partial charge is 0.422 e. The van der Waals surface area contributed by atoms with Crippen LogP contribution in [0.15, 0.2) is 11.6 Å². The first-order valence-corrected chi connectivity index (χ1v) is 3.51. The lowest BCUT2D eigenvalue weighted by Gasteiger charge is -2.08. The van der Waals surface area contributed by atoms with Gasteiger partial charge in [-0.1, -0.05) is 0 Å². The second-order valence-corrected chi connectivity index (χ2v) is 2.56. The van der Waals surface area contributed by atoms with Crippen LogP contribution < -0.4 is 0 Å². The molecule has 0 aromatic heterocycles. The number of hydrogen-bond acceptors (Lipinski definition) is 2. The minimum absolute atomic E-state index is 0.425. The first-order valence-electron chi connectivity index (χ1n) is 3.51. The molecule has 0 aromatic carbocycles. The molecule has 0 rings (SSSR count). The molecule has 0 aliphatic heterocycles. The maximum Gasteiger partial charge on any atom is 0.422 e. The number of halogens is 6. The number of carbonyl (C=O) groups is 1. The molecule has 0 saturated heterocycles. The van der Waals surface area contributed by atoms with Gasteiger partial charge in [-0.3, -0.25) is 0 Å². The van der Waals surface area contributed by atoms with Crippen LogP contribution in [0.2, 0.25) is 0 Å². The van der Waals surface area contributed by atoms with E-state index in [1.165, 1.54) is 0 Å². The van der Waals surface area contributed by atoms with Gasteiger partial charge < -0.3 is 4.74 Å². The Morgan fingerprint density at radius 3 is 2.00 bits per heavy atom. The topological polar surface area (TPSA) is 26.3 Å². The first kappa shape index (κ1) is 13.8. The third kappa shape index (κ3) is 7.83. The molecule has 2 nitrogen and oxygen atoms in total. The molecule has 0 aliphatic carbocycles. The van der Waals surface area contributed by atoms with E-state index in [9.17, 15) is 31.1 Å². The van der Waals surface area contributed by atoms with Crippen LogP contribution >= 0.6 is 0 Å². The van der Waals surface area contributed by atoms with E-state index in [4.69, 9.17) is 0 Å². The maximum atomic E-state index is 11.6. The van der Waals surface area contributed by atoms with Crippen LogP contribution in [0.1, 0.15) is 6.92 Å². The summed E-state index contributed by atoms with van der Waals surface area (Å²) in [4.78, 5) is 10.6. The first-order chi connectivity index (χ1) is 6.51. The van der Waals surface area contributed by atoms with Crippen molar-refractivity contribution >= 4 is 5.97 Å². The van der Waals surface area contributed by atoms with Gasteiger partial charge in [0, 0.05) is 11.6 Å². The van der Waals surface area contributed by atoms with Crippen LogP contribution in [0.25, 0.3) is 0 Å². The fourth-order valence-electron chi connectivity index (χ4n) is 0.566. The van der Waals surface area contributed by atoms with Crippen LogP contribution in [0, 0.1) is 0 Å². The van der Waals surface area contributed by atoms with E-state index in [2.05, 4.69) is 4.74 Å². The Labute approximate surface area is 80.5 Å². The molecule has 0 fully saturated rings. The largest absolute Gasteiger partial charge is 0.453 e. The third-order valence-corrected chi connectivity index (χ3v) is 1.07. The number of carbonyl (C=O) groups excluding carboxylic acids is 1. The summed E-state index contributed by atoms with van der Waals surface area (Å²) in [6, 6.07) is 0. The lowest BCUT2D eigenvalue weighted by atomic mass is 10.3. The van der Waals surface area contributed by atoms with Crippen molar-refractivity contribution in [1.82, 2.24) is 0 Å². The quantitative estimate of drug-likeness (QED) is 0.418. The Morgan fingerprint density at radius 2 is 1.67 bits per heavy atom. The second kappa shape index (κ2) is 4.54. The van der Waals surface area contributed by atoms with Gasteiger partial charge in [-0.2, -0.15) is 26.3 Å². The normalized spacial score (nSPS) is 13.9. The summed E-state index contributed by atoms with van der Waals surface area (Å²) < 4.78 is 73.0. The fourth-order valence-corrected chi connectivity index (χ4v) is 0.566. The fraction of sp³-hybridized carbons (Fsp3) is 0.571. The Balaban J connectivity index is 4.30. The molecule has 0 unspecified atom stereocenters. The van der Waals surface area contributed by atoms with Crippen LogP contribution in [0.4, 0.5) is 26.3 Å². The van der Waals surface area contributed by atoms with Gasteiger partial charge in [0.2, 0.25) is 0 Å². The molecule has 8 heteroatoms. The van der Waals surface area contributed by atoms with Gasteiger partial charge in [-0.25, -0.2) is 4.79 Å². The number of esters is 1.